The Bertz CT molecular complexity index is 64.7. The van der Waals surface area contributed by atoms with Crippen molar-refractivity contribution in [2.75, 3.05) is 0 Å². The molecule has 0 bridgehead atoms. The molecule has 0 aromatic heterocycles. The summed E-state index contributed by atoms with van der Waals surface area (Å²) < 4.78 is 0. The van der Waals surface area contributed by atoms with Crippen molar-refractivity contribution in [2.45, 2.75) is 13.8 Å². The molecule has 0 aromatic rings. The molecule has 0 unspecified atom stereocenters. The SMILES string of the molecule is CC#N.CC#N.Cl. The first-order valence-electron chi connectivity index (χ1n) is 1.45. The maximum absolute atomic E-state index is 7.32. The predicted molar refractivity (Wildman–Crippen MR) is 29.8 cm³/mol. The van der Waals surface area contributed by atoms with Crippen molar-refractivity contribution >= 4 is 12.4 Å². The summed E-state index contributed by atoms with van der Waals surface area (Å²) >= 11 is 0. The molecule has 0 aromatic carbocycles. The van der Waals surface area contributed by atoms with E-state index < -0.39 is 0 Å². The smallest absolute Gasteiger partial charge is 0.0587 e. The summed E-state index contributed by atoms with van der Waals surface area (Å²) in [6, 6.07) is 3.50. The standard InChI is InChI=1S/2C2H3N.ClH/c2*1-2-3;/h2*1H3;1H. The summed E-state index contributed by atoms with van der Waals surface area (Å²) in [6.07, 6.45) is 0. The lowest BCUT2D eigenvalue weighted by Crippen LogP contribution is -1.10. The molecule has 0 atom stereocenters. The lowest BCUT2D eigenvalue weighted by Gasteiger charge is -1.15. The second-order valence-electron chi connectivity index (χ2n) is 0.447. The maximum Gasteiger partial charge on any atom is 0.0587 e. The first-order valence-corrected chi connectivity index (χ1v) is 1.45. The van der Waals surface area contributed by atoms with Crippen molar-refractivity contribution in [3.05, 3.63) is 0 Å². The molecule has 0 saturated carbocycles. The highest BCUT2D eigenvalue weighted by Gasteiger charge is 1.18. The van der Waals surface area contributed by atoms with Crippen LogP contribution in [0.1, 0.15) is 13.8 Å². The second-order valence-corrected chi connectivity index (χ2v) is 0.447. The predicted octanol–water partition coefficient (Wildman–Crippen LogP) is 1.48. The second kappa shape index (κ2) is 59.6. The van der Waals surface area contributed by atoms with E-state index in [1.165, 1.54) is 13.8 Å². The molecule has 0 heterocycles. The summed E-state index contributed by atoms with van der Waals surface area (Å²) in [4.78, 5) is 0. The number of nitriles is 2. The van der Waals surface area contributed by atoms with Crippen molar-refractivity contribution in [3.63, 3.8) is 0 Å². The van der Waals surface area contributed by atoms with E-state index in [-0.39, 0.29) is 12.4 Å². The highest BCUT2D eigenvalue weighted by molar-refractivity contribution is 5.85. The molecule has 0 aliphatic carbocycles. The van der Waals surface area contributed by atoms with Gasteiger partial charge in [-0.1, -0.05) is 0 Å². The minimum absolute atomic E-state index is 0. The highest BCUT2D eigenvalue weighted by atomic mass is 35.5. The zero-order valence-corrected chi connectivity index (χ0v) is 5.12. The molecule has 0 saturated heterocycles. The Kier molecular flexibility index (Phi) is 139. The van der Waals surface area contributed by atoms with Crippen LogP contribution in [0.4, 0.5) is 0 Å². The van der Waals surface area contributed by atoms with Gasteiger partial charge in [0.25, 0.3) is 0 Å². The molecule has 0 N–H and O–H groups in total. The fourth-order valence-corrected chi connectivity index (χ4v) is 0. The van der Waals surface area contributed by atoms with Gasteiger partial charge < -0.3 is 0 Å². The van der Waals surface area contributed by atoms with Gasteiger partial charge in [-0.15, -0.1) is 12.4 Å². The Morgan fingerprint density at radius 1 is 1.00 bits per heavy atom. The number of hydrogen-bond acceptors (Lipinski definition) is 2. The van der Waals surface area contributed by atoms with Gasteiger partial charge in [0, 0.05) is 13.8 Å². The molecule has 0 aliphatic rings. The molecule has 0 aliphatic heterocycles. The summed E-state index contributed by atoms with van der Waals surface area (Å²) in [5, 5.41) is 14.6. The number of rotatable bonds is 0. The van der Waals surface area contributed by atoms with Crippen molar-refractivity contribution in [1.29, 1.82) is 10.5 Å². The first kappa shape index (κ1) is 16.3. The third-order valence-corrected chi connectivity index (χ3v) is 0. The van der Waals surface area contributed by atoms with Gasteiger partial charge in [0.05, 0.1) is 12.1 Å². The Morgan fingerprint density at radius 3 is 1.00 bits per heavy atom. The molecule has 0 fully saturated rings. The Balaban J connectivity index is -0.0000000400. The summed E-state index contributed by atoms with van der Waals surface area (Å²) in [5.74, 6) is 0. The first-order chi connectivity index (χ1) is 2.83. The number of halogens is 1. The zero-order valence-electron chi connectivity index (χ0n) is 4.30. The van der Waals surface area contributed by atoms with Crippen molar-refractivity contribution < 1.29 is 0 Å². The topological polar surface area (TPSA) is 47.6 Å². The molecule has 7 heavy (non-hydrogen) atoms. The fraction of sp³-hybridized carbons (Fsp3) is 0.500. The van der Waals surface area contributed by atoms with Crippen LogP contribution in [-0.2, 0) is 0 Å². The van der Waals surface area contributed by atoms with Gasteiger partial charge >= 0.3 is 0 Å². The fourth-order valence-electron chi connectivity index (χ4n) is 0. The van der Waals surface area contributed by atoms with Gasteiger partial charge in [0.15, 0.2) is 0 Å². The molecule has 0 amide bonds. The van der Waals surface area contributed by atoms with E-state index in [1.807, 2.05) is 0 Å². The molecular weight excluding hydrogens is 112 g/mol. The van der Waals surface area contributed by atoms with Crippen LogP contribution in [0.15, 0.2) is 0 Å². The molecule has 3 heteroatoms. The van der Waals surface area contributed by atoms with Crippen molar-refractivity contribution in [1.82, 2.24) is 0 Å². The highest BCUT2D eigenvalue weighted by Crippen LogP contribution is 1.22. The largest absolute Gasteiger partial charge is 0.199 e. The monoisotopic (exact) mass is 118 g/mol. The van der Waals surface area contributed by atoms with Gasteiger partial charge in [0.2, 0.25) is 0 Å². The maximum atomic E-state index is 7.32. The minimum atomic E-state index is 0. The Morgan fingerprint density at radius 2 is 1.00 bits per heavy atom. The normalized spacial score (nSPS) is 2.29. The van der Waals surface area contributed by atoms with E-state index in [0.29, 0.717) is 0 Å². The van der Waals surface area contributed by atoms with E-state index in [1.54, 1.807) is 12.1 Å². The van der Waals surface area contributed by atoms with Crippen LogP contribution in [0, 0.1) is 22.7 Å². The van der Waals surface area contributed by atoms with E-state index in [0.717, 1.165) is 0 Å². The summed E-state index contributed by atoms with van der Waals surface area (Å²) in [5.41, 5.74) is 0. The average Bonchev–Trinajstić information content (AvgIpc) is 1.39. The Hall–Kier alpha value is -0.730. The third kappa shape index (κ3) is 106. The molecule has 0 rings (SSSR count). The molecule has 0 spiro atoms. The molecule has 40 valence electrons. The van der Waals surface area contributed by atoms with E-state index >= 15 is 0 Å². The zero-order chi connectivity index (χ0) is 5.41. The van der Waals surface area contributed by atoms with Crippen molar-refractivity contribution in [3.8, 4) is 12.1 Å². The van der Waals surface area contributed by atoms with Crippen LogP contribution in [0.25, 0.3) is 0 Å². The van der Waals surface area contributed by atoms with Crippen LogP contribution in [0.3, 0.4) is 0 Å². The third-order valence-electron chi connectivity index (χ3n) is 0. The number of hydrogen-bond donors (Lipinski definition) is 0. The van der Waals surface area contributed by atoms with Gasteiger partial charge in [-0.3, -0.25) is 0 Å². The summed E-state index contributed by atoms with van der Waals surface area (Å²) in [7, 11) is 0. The van der Waals surface area contributed by atoms with Crippen LogP contribution in [0.5, 0.6) is 0 Å². The van der Waals surface area contributed by atoms with Gasteiger partial charge in [0.1, 0.15) is 0 Å². The van der Waals surface area contributed by atoms with E-state index in [2.05, 4.69) is 0 Å². The molecule has 2 nitrogen and oxygen atoms in total. The minimum Gasteiger partial charge on any atom is -0.199 e. The average molecular weight is 119 g/mol. The van der Waals surface area contributed by atoms with Gasteiger partial charge in [-0.25, -0.2) is 0 Å². The van der Waals surface area contributed by atoms with E-state index in [9.17, 15) is 0 Å². The van der Waals surface area contributed by atoms with E-state index in [4.69, 9.17) is 10.5 Å². The van der Waals surface area contributed by atoms with Gasteiger partial charge in [-0.05, 0) is 0 Å². The van der Waals surface area contributed by atoms with Crippen molar-refractivity contribution in [2.24, 2.45) is 0 Å². The Labute approximate surface area is 49.8 Å². The molecule has 0 radical (unpaired) electrons. The lowest BCUT2D eigenvalue weighted by atomic mass is 11.0. The van der Waals surface area contributed by atoms with Crippen LogP contribution in [0.2, 0.25) is 0 Å². The lowest BCUT2D eigenvalue weighted by molar-refractivity contribution is 1.49. The van der Waals surface area contributed by atoms with Crippen LogP contribution in [-0.4, -0.2) is 0 Å². The van der Waals surface area contributed by atoms with Crippen LogP contribution < -0.4 is 0 Å². The molecular formula is C4H7ClN2. The quantitative estimate of drug-likeness (QED) is 0.484. The summed E-state index contributed by atoms with van der Waals surface area (Å²) in [6.45, 7) is 2.86. The number of nitrogens with zero attached hydrogens (tertiary/aromatic N) is 2. The van der Waals surface area contributed by atoms with Gasteiger partial charge in [-0.2, -0.15) is 10.5 Å². The van der Waals surface area contributed by atoms with Crippen LogP contribution >= 0.6 is 12.4 Å².